The third kappa shape index (κ3) is 4.78. The summed E-state index contributed by atoms with van der Waals surface area (Å²) in [5.41, 5.74) is 17.7. The predicted molar refractivity (Wildman–Crippen MR) is 98.4 cm³/mol. The molecule has 0 radical (unpaired) electrons. The summed E-state index contributed by atoms with van der Waals surface area (Å²) in [7, 11) is 0. The predicted octanol–water partition coefficient (Wildman–Crippen LogP) is -5.59. The lowest BCUT2D eigenvalue weighted by Gasteiger charge is -2.45. The fraction of sp³-hybridized carbons (Fsp3) is 1.00. The zero-order chi connectivity index (χ0) is 22.2. The molecule has 0 aromatic rings. The second-order valence-corrected chi connectivity index (χ2v) is 8.10. The summed E-state index contributed by atoms with van der Waals surface area (Å²) in [6, 6.07) is -1.45. The molecule has 0 aromatic heterocycles. The summed E-state index contributed by atoms with van der Waals surface area (Å²) in [5.74, 6) is 0. The number of hydrogen-bond acceptors (Lipinski definition) is 13. The Labute approximate surface area is 173 Å². The molecule has 2 aliphatic heterocycles. The van der Waals surface area contributed by atoms with E-state index in [1.54, 1.807) is 0 Å². The normalized spacial score (nSPS) is 52.5. The molecule has 13 nitrogen and oxygen atoms in total. The minimum absolute atomic E-state index is 0.0508. The van der Waals surface area contributed by atoms with E-state index in [0.717, 1.165) is 0 Å². The zero-order valence-corrected chi connectivity index (χ0v) is 16.4. The molecule has 0 aromatic carbocycles. The topological polar surface area (TPSA) is 236 Å². The monoisotopic (exact) mass is 439 g/mol. The first kappa shape index (κ1) is 24.1. The third-order valence-corrected chi connectivity index (χ3v) is 5.93. The summed E-state index contributed by atoms with van der Waals surface area (Å²) in [6.45, 7) is -0.592. The van der Waals surface area contributed by atoms with E-state index in [9.17, 15) is 30.6 Å². The van der Waals surface area contributed by atoms with Crippen molar-refractivity contribution < 1.29 is 49.6 Å². The molecule has 12 N–H and O–H groups in total. The molecule has 176 valence electrons. The molecule has 3 fully saturated rings. The van der Waals surface area contributed by atoms with Crippen molar-refractivity contribution in [3.63, 3.8) is 0 Å². The van der Waals surface area contributed by atoms with E-state index in [2.05, 4.69) is 0 Å². The average Bonchev–Trinajstić information content (AvgIpc) is 2.98. The molecule has 3 rings (SSSR count). The van der Waals surface area contributed by atoms with Gasteiger partial charge in [0.2, 0.25) is 0 Å². The molecule has 2 heterocycles. The zero-order valence-electron chi connectivity index (χ0n) is 16.4. The molecule has 8 unspecified atom stereocenters. The van der Waals surface area contributed by atoms with Crippen molar-refractivity contribution in [2.24, 2.45) is 17.2 Å². The number of rotatable bonds is 6. The Kier molecular flexibility index (Phi) is 8.01. The molecule has 0 spiro atoms. The van der Waals surface area contributed by atoms with Crippen molar-refractivity contribution in [1.82, 2.24) is 0 Å². The highest BCUT2D eigenvalue weighted by Gasteiger charge is 2.50. The Morgan fingerprint density at radius 3 is 2.07 bits per heavy atom. The highest BCUT2D eigenvalue weighted by molar-refractivity contribution is 5.00. The molecule has 30 heavy (non-hydrogen) atoms. The van der Waals surface area contributed by atoms with Crippen LogP contribution in [-0.2, 0) is 18.9 Å². The first-order valence-corrected chi connectivity index (χ1v) is 10.0. The van der Waals surface area contributed by atoms with Gasteiger partial charge in [-0.3, -0.25) is 0 Å². The minimum Gasteiger partial charge on any atom is -0.394 e. The van der Waals surface area contributed by atoms with Crippen LogP contribution in [0.4, 0.5) is 0 Å². The Morgan fingerprint density at radius 2 is 1.47 bits per heavy atom. The molecule has 13 atom stereocenters. The van der Waals surface area contributed by atoms with E-state index in [1.165, 1.54) is 0 Å². The van der Waals surface area contributed by atoms with Gasteiger partial charge in [-0.2, -0.15) is 0 Å². The molecule has 2 saturated heterocycles. The van der Waals surface area contributed by atoms with Gasteiger partial charge in [0.15, 0.2) is 12.6 Å². The maximum absolute atomic E-state index is 10.6. The van der Waals surface area contributed by atoms with Crippen LogP contribution in [0.25, 0.3) is 0 Å². The first-order chi connectivity index (χ1) is 14.2. The van der Waals surface area contributed by atoms with E-state index < -0.39 is 86.2 Å². The van der Waals surface area contributed by atoms with Gasteiger partial charge in [-0.1, -0.05) is 0 Å². The van der Waals surface area contributed by atoms with Gasteiger partial charge in [0.25, 0.3) is 0 Å². The van der Waals surface area contributed by atoms with Crippen molar-refractivity contribution in [3.8, 4) is 0 Å². The number of nitrogens with two attached hydrogens (primary N) is 3. The minimum atomic E-state index is -1.48. The maximum atomic E-state index is 10.6. The fourth-order valence-corrected chi connectivity index (χ4v) is 4.11. The number of ether oxygens (including phenoxy) is 4. The van der Waals surface area contributed by atoms with Crippen LogP contribution in [0, 0.1) is 0 Å². The maximum Gasteiger partial charge on any atom is 0.187 e. The Hall–Kier alpha value is -0.520. The lowest BCUT2D eigenvalue weighted by molar-refractivity contribution is -0.301. The summed E-state index contributed by atoms with van der Waals surface area (Å²) >= 11 is 0. The van der Waals surface area contributed by atoms with Crippen molar-refractivity contribution in [3.05, 3.63) is 0 Å². The Balaban J connectivity index is 1.73. The van der Waals surface area contributed by atoms with Gasteiger partial charge in [-0.25, -0.2) is 0 Å². The van der Waals surface area contributed by atoms with Crippen LogP contribution in [0.3, 0.4) is 0 Å². The molecule has 13 heteroatoms. The lowest BCUT2D eigenvalue weighted by Crippen LogP contribution is -2.65. The number of aliphatic hydroxyl groups is 6. The van der Waals surface area contributed by atoms with Crippen molar-refractivity contribution in [1.29, 1.82) is 0 Å². The third-order valence-electron chi connectivity index (χ3n) is 5.93. The molecular formula is C17H33N3O10. The van der Waals surface area contributed by atoms with Crippen LogP contribution in [0.2, 0.25) is 0 Å². The second kappa shape index (κ2) is 9.95. The van der Waals surface area contributed by atoms with Gasteiger partial charge >= 0.3 is 0 Å². The first-order valence-electron chi connectivity index (χ1n) is 10.0. The highest BCUT2D eigenvalue weighted by atomic mass is 16.7. The average molecular weight is 439 g/mol. The summed E-state index contributed by atoms with van der Waals surface area (Å²) < 4.78 is 22.5. The van der Waals surface area contributed by atoms with Gasteiger partial charge in [-0.15, -0.1) is 0 Å². The highest BCUT2D eigenvalue weighted by Crippen LogP contribution is 2.32. The van der Waals surface area contributed by atoms with E-state index in [4.69, 9.17) is 36.1 Å². The Bertz CT molecular complexity index is 562. The van der Waals surface area contributed by atoms with Crippen LogP contribution in [-0.4, -0.2) is 123 Å². The fourth-order valence-electron chi connectivity index (χ4n) is 4.11. The summed E-state index contributed by atoms with van der Waals surface area (Å²) in [4.78, 5) is 0. The summed E-state index contributed by atoms with van der Waals surface area (Å²) in [6.07, 6.45) is -12.7. The number of hydrogen-bond donors (Lipinski definition) is 9. The summed E-state index contributed by atoms with van der Waals surface area (Å²) in [5, 5.41) is 59.9. The molecule has 1 saturated carbocycles. The van der Waals surface area contributed by atoms with Gasteiger partial charge in [0.05, 0.1) is 18.8 Å². The number of aliphatic hydroxyl groups excluding tert-OH is 6. The standard InChI is InChI=1S/C17H33N3O10/c18-3-8-12(24)7(22)2-10(27-8)29-15-6(20)1-5(19)11(23)16(15)30-17-14(26)13(25)9(4-21)28-17/h5-17,21-26H,1-4,18-20H2/t5?,6?,7?,8?,9-,10-,11?,12+,13?,14?,15?,16-,17+/m1/s1. The van der Waals surface area contributed by atoms with Gasteiger partial charge < -0.3 is 66.8 Å². The van der Waals surface area contributed by atoms with Gasteiger partial charge in [-0.05, 0) is 6.42 Å². The van der Waals surface area contributed by atoms with Gasteiger partial charge in [0, 0.05) is 25.0 Å². The van der Waals surface area contributed by atoms with Crippen LogP contribution >= 0.6 is 0 Å². The quantitative estimate of drug-likeness (QED) is 0.188. The van der Waals surface area contributed by atoms with Crippen LogP contribution < -0.4 is 17.2 Å². The largest absolute Gasteiger partial charge is 0.394 e. The lowest BCUT2D eigenvalue weighted by atomic mass is 9.84. The smallest absolute Gasteiger partial charge is 0.187 e. The van der Waals surface area contributed by atoms with Crippen molar-refractivity contribution in [2.75, 3.05) is 13.2 Å². The van der Waals surface area contributed by atoms with Gasteiger partial charge in [0.1, 0.15) is 42.7 Å². The molecule has 3 aliphatic rings. The van der Waals surface area contributed by atoms with E-state index in [0.29, 0.717) is 0 Å². The molecular weight excluding hydrogens is 406 g/mol. The van der Waals surface area contributed by atoms with Crippen LogP contribution in [0.15, 0.2) is 0 Å². The van der Waals surface area contributed by atoms with E-state index in [1.807, 2.05) is 0 Å². The molecule has 0 bridgehead atoms. The van der Waals surface area contributed by atoms with E-state index in [-0.39, 0.29) is 19.4 Å². The van der Waals surface area contributed by atoms with Crippen LogP contribution in [0.1, 0.15) is 12.8 Å². The second-order valence-electron chi connectivity index (χ2n) is 8.10. The van der Waals surface area contributed by atoms with Crippen LogP contribution in [0.5, 0.6) is 0 Å². The molecule has 1 aliphatic carbocycles. The molecule has 0 amide bonds. The van der Waals surface area contributed by atoms with Crippen molar-refractivity contribution in [2.45, 2.75) is 92.4 Å². The van der Waals surface area contributed by atoms with Crippen molar-refractivity contribution >= 4 is 0 Å². The Morgan fingerprint density at radius 1 is 0.767 bits per heavy atom. The SMILES string of the molecule is NCC1O[C@H](OC2C(N)CC(N)C(O)[C@H]2O[C@@H]2O[C@H](CO)C(O)C2O)CC(O)[C@@H]1O. The van der Waals surface area contributed by atoms with E-state index >= 15 is 0 Å².